The molecular weight excluding hydrogens is 314 g/mol. The fourth-order valence-corrected chi connectivity index (χ4v) is 3.41. The highest BCUT2D eigenvalue weighted by atomic mass is 16.5. The number of ether oxygens (including phenoxy) is 2. The number of benzene rings is 1. The highest BCUT2D eigenvalue weighted by molar-refractivity contribution is 5.80. The summed E-state index contributed by atoms with van der Waals surface area (Å²) in [7, 11) is 0. The predicted molar refractivity (Wildman–Crippen MR) is 101 cm³/mol. The van der Waals surface area contributed by atoms with Gasteiger partial charge in [0.2, 0.25) is 0 Å². The number of hydrogen-bond acceptors (Lipinski definition) is 3. The molecule has 2 heterocycles. The first kappa shape index (κ1) is 18.1. The van der Waals surface area contributed by atoms with E-state index in [0.29, 0.717) is 30.7 Å². The van der Waals surface area contributed by atoms with Crippen molar-refractivity contribution in [1.29, 1.82) is 0 Å². The summed E-state index contributed by atoms with van der Waals surface area (Å²) in [6, 6.07) is 8.62. The standard InChI is InChI=1S/C20H31N3O2/c1-4-21-20(23-18-11-17-9-10-19(18)25-17)22-12-15-5-7-16(8-6-15)24-13-14(2)3/h5-8,14,17-19H,4,9-13H2,1-3H3,(H2,21,22,23). The van der Waals surface area contributed by atoms with Crippen LogP contribution >= 0.6 is 0 Å². The van der Waals surface area contributed by atoms with Gasteiger partial charge in [-0.15, -0.1) is 0 Å². The molecule has 0 aliphatic carbocycles. The number of aliphatic imine (C=N–C) groups is 1. The molecule has 0 aromatic heterocycles. The molecule has 0 saturated carbocycles. The van der Waals surface area contributed by atoms with Gasteiger partial charge in [-0.05, 0) is 49.8 Å². The van der Waals surface area contributed by atoms with Gasteiger partial charge >= 0.3 is 0 Å². The Morgan fingerprint density at radius 1 is 1.28 bits per heavy atom. The number of fused-ring (bicyclic) bond motifs is 2. The molecule has 0 amide bonds. The maximum absolute atomic E-state index is 5.92. The third-order valence-electron chi connectivity index (χ3n) is 4.70. The summed E-state index contributed by atoms with van der Waals surface area (Å²) in [6.07, 6.45) is 4.27. The molecule has 0 spiro atoms. The lowest BCUT2D eigenvalue weighted by Crippen LogP contribution is -2.47. The average Bonchev–Trinajstić information content (AvgIpc) is 3.22. The van der Waals surface area contributed by atoms with Crippen LogP contribution in [0, 0.1) is 5.92 Å². The molecule has 1 aromatic rings. The van der Waals surface area contributed by atoms with Gasteiger partial charge in [0.15, 0.2) is 5.96 Å². The minimum absolute atomic E-state index is 0.353. The van der Waals surface area contributed by atoms with Crippen LogP contribution in [0.3, 0.4) is 0 Å². The maximum Gasteiger partial charge on any atom is 0.191 e. The molecule has 2 bridgehead atoms. The molecule has 25 heavy (non-hydrogen) atoms. The van der Waals surface area contributed by atoms with Gasteiger partial charge in [-0.25, -0.2) is 4.99 Å². The van der Waals surface area contributed by atoms with Gasteiger partial charge < -0.3 is 20.1 Å². The van der Waals surface area contributed by atoms with Crippen LogP contribution in [0.5, 0.6) is 5.75 Å². The SMILES string of the molecule is CCNC(=NCc1ccc(OCC(C)C)cc1)NC1CC2CCC1O2. The van der Waals surface area contributed by atoms with Crippen molar-refractivity contribution in [3.05, 3.63) is 29.8 Å². The summed E-state index contributed by atoms with van der Waals surface area (Å²) < 4.78 is 11.6. The van der Waals surface area contributed by atoms with Gasteiger partial charge in [0.1, 0.15) is 5.75 Å². The number of hydrogen-bond donors (Lipinski definition) is 2. The molecule has 2 saturated heterocycles. The minimum atomic E-state index is 0.353. The number of nitrogens with zero attached hydrogens (tertiary/aromatic N) is 1. The summed E-state index contributed by atoms with van der Waals surface area (Å²) in [5.74, 6) is 2.34. The van der Waals surface area contributed by atoms with Crippen LogP contribution in [0.1, 0.15) is 45.6 Å². The quantitative estimate of drug-likeness (QED) is 0.589. The zero-order valence-electron chi connectivity index (χ0n) is 15.6. The first-order valence-electron chi connectivity index (χ1n) is 9.56. The molecule has 5 nitrogen and oxygen atoms in total. The van der Waals surface area contributed by atoms with E-state index in [1.54, 1.807) is 0 Å². The highest BCUT2D eigenvalue weighted by Crippen LogP contribution is 2.34. The van der Waals surface area contributed by atoms with Crippen molar-refractivity contribution in [1.82, 2.24) is 10.6 Å². The molecule has 5 heteroatoms. The van der Waals surface area contributed by atoms with E-state index in [2.05, 4.69) is 43.5 Å². The topological polar surface area (TPSA) is 54.9 Å². The van der Waals surface area contributed by atoms with Gasteiger partial charge in [0.05, 0.1) is 31.4 Å². The second-order valence-electron chi connectivity index (χ2n) is 7.40. The van der Waals surface area contributed by atoms with Crippen molar-refractivity contribution in [3.8, 4) is 5.75 Å². The smallest absolute Gasteiger partial charge is 0.191 e. The van der Waals surface area contributed by atoms with Crippen LogP contribution < -0.4 is 15.4 Å². The van der Waals surface area contributed by atoms with Gasteiger partial charge in [0.25, 0.3) is 0 Å². The first-order valence-corrected chi connectivity index (χ1v) is 9.56. The largest absolute Gasteiger partial charge is 0.493 e. The first-order chi connectivity index (χ1) is 12.1. The number of nitrogens with one attached hydrogen (secondary N) is 2. The van der Waals surface area contributed by atoms with Crippen molar-refractivity contribution in [2.45, 2.75) is 64.8 Å². The zero-order chi connectivity index (χ0) is 17.6. The summed E-state index contributed by atoms with van der Waals surface area (Å²) in [6.45, 7) is 8.66. The molecule has 138 valence electrons. The molecule has 3 unspecified atom stereocenters. The number of rotatable bonds is 7. The Labute approximate surface area is 151 Å². The summed E-state index contributed by atoms with van der Waals surface area (Å²) in [5.41, 5.74) is 1.18. The van der Waals surface area contributed by atoms with E-state index in [4.69, 9.17) is 14.5 Å². The average molecular weight is 345 g/mol. The van der Waals surface area contributed by atoms with E-state index in [1.165, 1.54) is 18.4 Å². The molecule has 2 N–H and O–H groups in total. The van der Waals surface area contributed by atoms with Crippen LogP contribution in [0.25, 0.3) is 0 Å². The van der Waals surface area contributed by atoms with Crippen molar-refractivity contribution in [2.24, 2.45) is 10.9 Å². The summed E-state index contributed by atoms with van der Waals surface area (Å²) in [4.78, 5) is 4.73. The molecule has 2 fully saturated rings. The van der Waals surface area contributed by atoms with E-state index in [-0.39, 0.29) is 0 Å². The van der Waals surface area contributed by atoms with Crippen LogP contribution in [0.15, 0.2) is 29.3 Å². The van der Waals surface area contributed by atoms with Crippen molar-refractivity contribution in [2.75, 3.05) is 13.2 Å². The fourth-order valence-electron chi connectivity index (χ4n) is 3.41. The van der Waals surface area contributed by atoms with Crippen LogP contribution in [-0.4, -0.2) is 37.4 Å². The maximum atomic E-state index is 5.92. The normalized spacial score (nSPS) is 25.4. The molecule has 3 atom stereocenters. The lowest BCUT2D eigenvalue weighted by atomic mass is 9.96. The molecular formula is C20H31N3O2. The lowest BCUT2D eigenvalue weighted by molar-refractivity contribution is 0.0992. The monoisotopic (exact) mass is 345 g/mol. The van der Waals surface area contributed by atoms with E-state index in [0.717, 1.165) is 31.3 Å². The predicted octanol–water partition coefficient (Wildman–Crippen LogP) is 3.10. The zero-order valence-corrected chi connectivity index (χ0v) is 15.6. The Morgan fingerprint density at radius 2 is 2.08 bits per heavy atom. The lowest BCUT2D eigenvalue weighted by Gasteiger charge is -2.22. The Morgan fingerprint density at radius 3 is 2.68 bits per heavy atom. The Hall–Kier alpha value is -1.75. The second-order valence-corrected chi connectivity index (χ2v) is 7.40. The van der Waals surface area contributed by atoms with Gasteiger partial charge in [-0.3, -0.25) is 0 Å². The van der Waals surface area contributed by atoms with Gasteiger partial charge in [-0.2, -0.15) is 0 Å². The van der Waals surface area contributed by atoms with E-state index in [9.17, 15) is 0 Å². The second kappa shape index (κ2) is 8.56. The number of guanidine groups is 1. The van der Waals surface area contributed by atoms with Crippen LogP contribution in [-0.2, 0) is 11.3 Å². The molecule has 3 rings (SSSR count). The highest BCUT2D eigenvalue weighted by Gasteiger charge is 2.41. The third kappa shape index (κ3) is 5.11. The molecule has 2 aliphatic heterocycles. The van der Waals surface area contributed by atoms with Crippen molar-refractivity contribution in [3.63, 3.8) is 0 Å². The molecule has 1 aromatic carbocycles. The van der Waals surface area contributed by atoms with Crippen LogP contribution in [0.2, 0.25) is 0 Å². The molecule has 0 radical (unpaired) electrons. The Balaban J connectivity index is 1.54. The van der Waals surface area contributed by atoms with E-state index in [1.807, 2.05) is 12.1 Å². The minimum Gasteiger partial charge on any atom is -0.493 e. The summed E-state index contributed by atoms with van der Waals surface area (Å²) >= 11 is 0. The van der Waals surface area contributed by atoms with Gasteiger partial charge in [0, 0.05) is 6.54 Å². The van der Waals surface area contributed by atoms with E-state index >= 15 is 0 Å². The molecule has 2 aliphatic rings. The Bertz CT molecular complexity index is 571. The van der Waals surface area contributed by atoms with Crippen molar-refractivity contribution >= 4 is 5.96 Å². The van der Waals surface area contributed by atoms with E-state index < -0.39 is 0 Å². The Kier molecular flexibility index (Phi) is 6.19. The van der Waals surface area contributed by atoms with Gasteiger partial charge in [-0.1, -0.05) is 26.0 Å². The van der Waals surface area contributed by atoms with Crippen LogP contribution in [0.4, 0.5) is 0 Å². The summed E-state index contributed by atoms with van der Waals surface area (Å²) in [5, 5.41) is 6.89. The third-order valence-corrected chi connectivity index (χ3v) is 4.70. The fraction of sp³-hybridized carbons (Fsp3) is 0.650. The van der Waals surface area contributed by atoms with Crippen molar-refractivity contribution < 1.29 is 9.47 Å².